The number of nitrogens with one attached hydrogen (secondary N) is 1. The van der Waals surface area contributed by atoms with Crippen LogP contribution in [-0.4, -0.2) is 21.8 Å². The molecule has 5 nitrogen and oxygen atoms in total. The van der Waals surface area contributed by atoms with Crippen LogP contribution in [0.5, 0.6) is 11.5 Å². The van der Waals surface area contributed by atoms with Crippen LogP contribution >= 0.6 is 0 Å². The van der Waals surface area contributed by atoms with Gasteiger partial charge in [0, 0.05) is 17.2 Å². The minimum absolute atomic E-state index is 0.0345. The van der Waals surface area contributed by atoms with Crippen LogP contribution in [0.25, 0.3) is 0 Å². The highest BCUT2D eigenvalue weighted by molar-refractivity contribution is 6.02. The molecule has 0 atom stereocenters. The first kappa shape index (κ1) is 14.6. The molecule has 0 spiro atoms. The van der Waals surface area contributed by atoms with Gasteiger partial charge in [-0.3, -0.25) is 4.79 Å². The van der Waals surface area contributed by atoms with Gasteiger partial charge in [0.25, 0.3) is 5.91 Å². The SMILES string of the molecule is CC(=NNC(=O)c1ccc(C)cc1)c1ccc(O)cc1O. The number of benzene rings is 2. The lowest BCUT2D eigenvalue weighted by molar-refractivity contribution is 0.0955. The van der Waals surface area contributed by atoms with E-state index in [1.54, 1.807) is 19.1 Å². The fourth-order valence-corrected chi connectivity index (χ4v) is 1.79. The summed E-state index contributed by atoms with van der Waals surface area (Å²) in [5.41, 5.74) is 4.89. The summed E-state index contributed by atoms with van der Waals surface area (Å²) in [5.74, 6) is -0.457. The molecule has 0 unspecified atom stereocenters. The Morgan fingerprint density at radius 3 is 2.38 bits per heavy atom. The van der Waals surface area contributed by atoms with Gasteiger partial charge in [0.15, 0.2) is 0 Å². The smallest absolute Gasteiger partial charge is 0.271 e. The van der Waals surface area contributed by atoms with E-state index in [1.807, 2.05) is 19.1 Å². The zero-order valence-corrected chi connectivity index (χ0v) is 11.8. The molecule has 3 N–H and O–H groups in total. The van der Waals surface area contributed by atoms with Crippen molar-refractivity contribution in [2.45, 2.75) is 13.8 Å². The van der Waals surface area contributed by atoms with Crippen LogP contribution in [0.4, 0.5) is 0 Å². The summed E-state index contributed by atoms with van der Waals surface area (Å²) in [5, 5.41) is 22.9. The summed E-state index contributed by atoms with van der Waals surface area (Å²) < 4.78 is 0. The van der Waals surface area contributed by atoms with E-state index in [9.17, 15) is 15.0 Å². The van der Waals surface area contributed by atoms with E-state index >= 15 is 0 Å². The van der Waals surface area contributed by atoms with Gasteiger partial charge in [-0.2, -0.15) is 5.10 Å². The second-order valence-corrected chi connectivity index (χ2v) is 4.71. The minimum atomic E-state index is -0.326. The van der Waals surface area contributed by atoms with Gasteiger partial charge in [0.05, 0.1) is 5.71 Å². The van der Waals surface area contributed by atoms with Crippen molar-refractivity contribution in [2.75, 3.05) is 0 Å². The van der Waals surface area contributed by atoms with E-state index in [0.717, 1.165) is 5.56 Å². The van der Waals surface area contributed by atoms with Gasteiger partial charge in [0.2, 0.25) is 0 Å². The third-order valence-corrected chi connectivity index (χ3v) is 3.01. The summed E-state index contributed by atoms with van der Waals surface area (Å²) in [4.78, 5) is 11.9. The fourth-order valence-electron chi connectivity index (χ4n) is 1.79. The van der Waals surface area contributed by atoms with Gasteiger partial charge < -0.3 is 10.2 Å². The van der Waals surface area contributed by atoms with Gasteiger partial charge in [0.1, 0.15) is 11.5 Å². The Bertz CT molecular complexity index is 691. The molecule has 0 saturated heterocycles. The fraction of sp³-hybridized carbons (Fsp3) is 0.125. The normalized spacial score (nSPS) is 11.2. The number of hydrazone groups is 1. The van der Waals surface area contributed by atoms with Gasteiger partial charge in [-0.25, -0.2) is 5.43 Å². The number of phenolic OH excluding ortho intramolecular Hbond substituents is 2. The van der Waals surface area contributed by atoms with E-state index < -0.39 is 0 Å². The summed E-state index contributed by atoms with van der Waals surface area (Å²) in [7, 11) is 0. The molecule has 5 heteroatoms. The third kappa shape index (κ3) is 3.60. The van der Waals surface area contributed by atoms with E-state index in [4.69, 9.17) is 0 Å². The molecule has 0 aromatic heterocycles. The number of aryl methyl sites for hydroxylation is 1. The Balaban J connectivity index is 2.12. The number of nitrogens with zero attached hydrogens (tertiary/aromatic N) is 1. The first-order valence-corrected chi connectivity index (χ1v) is 6.41. The number of carbonyl (C=O) groups is 1. The van der Waals surface area contributed by atoms with E-state index in [1.165, 1.54) is 18.2 Å². The lowest BCUT2D eigenvalue weighted by atomic mass is 10.1. The standard InChI is InChI=1S/C16H16N2O3/c1-10-3-5-12(6-4-10)16(21)18-17-11(2)14-8-7-13(19)9-15(14)20/h3-9,19-20H,1-2H3,(H,18,21). The number of amides is 1. The van der Waals surface area contributed by atoms with Crippen LogP contribution in [0.2, 0.25) is 0 Å². The predicted octanol–water partition coefficient (Wildman–Crippen LogP) is 2.56. The molecule has 0 heterocycles. The van der Waals surface area contributed by atoms with E-state index in [0.29, 0.717) is 16.8 Å². The molecule has 0 aliphatic heterocycles. The monoisotopic (exact) mass is 284 g/mol. The first-order chi connectivity index (χ1) is 9.97. The molecule has 2 rings (SSSR count). The molecule has 2 aromatic carbocycles. The number of hydrogen-bond acceptors (Lipinski definition) is 4. The highest BCUT2D eigenvalue weighted by atomic mass is 16.3. The topological polar surface area (TPSA) is 81.9 Å². The van der Waals surface area contributed by atoms with Crippen molar-refractivity contribution in [3.05, 3.63) is 59.2 Å². The Labute approximate surface area is 122 Å². The van der Waals surface area contributed by atoms with Crippen LogP contribution in [-0.2, 0) is 0 Å². The van der Waals surface area contributed by atoms with Crippen molar-refractivity contribution in [3.8, 4) is 11.5 Å². The molecular weight excluding hydrogens is 268 g/mol. The quantitative estimate of drug-likeness (QED) is 0.598. The zero-order chi connectivity index (χ0) is 15.4. The first-order valence-electron chi connectivity index (χ1n) is 6.41. The summed E-state index contributed by atoms with van der Waals surface area (Å²) in [6.45, 7) is 3.60. The second kappa shape index (κ2) is 6.09. The number of carbonyl (C=O) groups excluding carboxylic acids is 1. The Kier molecular flexibility index (Phi) is 4.23. The van der Waals surface area contributed by atoms with Crippen molar-refractivity contribution in [1.29, 1.82) is 0 Å². The molecule has 0 bridgehead atoms. The van der Waals surface area contributed by atoms with E-state index in [-0.39, 0.29) is 17.4 Å². The Morgan fingerprint density at radius 2 is 1.76 bits per heavy atom. The summed E-state index contributed by atoms with van der Waals surface area (Å²) >= 11 is 0. The molecule has 0 aliphatic carbocycles. The molecule has 0 saturated carbocycles. The molecule has 2 aromatic rings. The number of aromatic hydroxyl groups is 2. The van der Waals surface area contributed by atoms with Crippen LogP contribution in [0, 0.1) is 6.92 Å². The van der Waals surface area contributed by atoms with Crippen molar-refractivity contribution in [2.24, 2.45) is 5.10 Å². The maximum absolute atomic E-state index is 11.9. The van der Waals surface area contributed by atoms with Gasteiger partial charge in [-0.05, 0) is 38.1 Å². The molecule has 108 valence electrons. The van der Waals surface area contributed by atoms with Crippen molar-refractivity contribution in [1.82, 2.24) is 5.43 Å². The van der Waals surface area contributed by atoms with E-state index in [2.05, 4.69) is 10.5 Å². The molecule has 0 fully saturated rings. The maximum Gasteiger partial charge on any atom is 0.271 e. The maximum atomic E-state index is 11.9. The predicted molar refractivity (Wildman–Crippen MR) is 80.6 cm³/mol. The average Bonchev–Trinajstić information content (AvgIpc) is 2.45. The summed E-state index contributed by atoms with van der Waals surface area (Å²) in [6.07, 6.45) is 0. The Morgan fingerprint density at radius 1 is 1.10 bits per heavy atom. The van der Waals surface area contributed by atoms with Crippen molar-refractivity contribution >= 4 is 11.6 Å². The average molecular weight is 284 g/mol. The lowest BCUT2D eigenvalue weighted by Crippen LogP contribution is -2.19. The molecule has 1 amide bonds. The lowest BCUT2D eigenvalue weighted by Gasteiger charge is -2.05. The highest BCUT2D eigenvalue weighted by Gasteiger charge is 2.07. The van der Waals surface area contributed by atoms with Crippen LogP contribution in [0.3, 0.4) is 0 Å². The minimum Gasteiger partial charge on any atom is -0.508 e. The van der Waals surface area contributed by atoms with Crippen LogP contribution < -0.4 is 5.43 Å². The summed E-state index contributed by atoms with van der Waals surface area (Å²) in [6, 6.07) is 11.3. The number of hydrogen-bond donors (Lipinski definition) is 3. The van der Waals surface area contributed by atoms with Crippen molar-refractivity contribution in [3.63, 3.8) is 0 Å². The van der Waals surface area contributed by atoms with Gasteiger partial charge in [-0.15, -0.1) is 0 Å². The zero-order valence-electron chi connectivity index (χ0n) is 11.8. The largest absolute Gasteiger partial charge is 0.508 e. The highest BCUT2D eigenvalue weighted by Crippen LogP contribution is 2.22. The van der Waals surface area contributed by atoms with Crippen LogP contribution in [0.1, 0.15) is 28.4 Å². The molecule has 0 aliphatic rings. The van der Waals surface area contributed by atoms with Gasteiger partial charge in [-0.1, -0.05) is 17.7 Å². The molecule has 0 radical (unpaired) electrons. The number of rotatable bonds is 3. The molecular formula is C16H16N2O3. The molecule has 21 heavy (non-hydrogen) atoms. The van der Waals surface area contributed by atoms with Crippen molar-refractivity contribution < 1.29 is 15.0 Å². The Hall–Kier alpha value is -2.82. The third-order valence-electron chi connectivity index (χ3n) is 3.01. The van der Waals surface area contributed by atoms with Crippen LogP contribution in [0.15, 0.2) is 47.6 Å². The van der Waals surface area contributed by atoms with Gasteiger partial charge >= 0.3 is 0 Å². The number of phenols is 2. The second-order valence-electron chi connectivity index (χ2n) is 4.71.